The van der Waals surface area contributed by atoms with Gasteiger partial charge in [-0.05, 0) is 35.9 Å². The fourth-order valence-electron chi connectivity index (χ4n) is 1.76. The van der Waals surface area contributed by atoms with Crippen molar-refractivity contribution in [1.29, 1.82) is 0 Å². The standard InChI is InChI=1S/C15H13ClN2O2S/c16-12-8-10(3-6-13(12)19)15(20)18-11-4-1-9(2-5-11)7-14(17)21/h1-6,8,19H,7H2,(H2,17,21)(H,18,20). The van der Waals surface area contributed by atoms with Crippen LogP contribution < -0.4 is 11.1 Å². The highest BCUT2D eigenvalue weighted by atomic mass is 35.5. The Bertz CT molecular complexity index is 687. The molecule has 0 aliphatic rings. The smallest absolute Gasteiger partial charge is 0.255 e. The Hall–Kier alpha value is -2.11. The third-order valence-corrected chi connectivity index (χ3v) is 3.25. The Balaban J connectivity index is 2.08. The largest absolute Gasteiger partial charge is 0.506 e. The molecule has 0 radical (unpaired) electrons. The minimum Gasteiger partial charge on any atom is -0.506 e. The van der Waals surface area contributed by atoms with E-state index in [-0.39, 0.29) is 16.7 Å². The zero-order valence-electron chi connectivity index (χ0n) is 11.0. The van der Waals surface area contributed by atoms with Gasteiger partial charge in [0.25, 0.3) is 5.91 Å². The van der Waals surface area contributed by atoms with E-state index in [9.17, 15) is 9.90 Å². The van der Waals surface area contributed by atoms with Crippen molar-refractivity contribution < 1.29 is 9.90 Å². The summed E-state index contributed by atoms with van der Waals surface area (Å²) in [6, 6.07) is 11.5. The second kappa shape index (κ2) is 6.56. The van der Waals surface area contributed by atoms with E-state index < -0.39 is 0 Å². The van der Waals surface area contributed by atoms with Crippen LogP contribution in [0.1, 0.15) is 15.9 Å². The van der Waals surface area contributed by atoms with E-state index >= 15 is 0 Å². The number of rotatable bonds is 4. The van der Waals surface area contributed by atoms with E-state index in [0.717, 1.165) is 5.56 Å². The average molecular weight is 321 g/mol. The average Bonchev–Trinajstić information content (AvgIpc) is 2.43. The number of anilines is 1. The summed E-state index contributed by atoms with van der Waals surface area (Å²) in [6.07, 6.45) is 0.525. The molecule has 4 N–H and O–H groups in total. The number of carbonyl (C=O) groups is 1. The summed E-state index contributed by atoms with van der Waals surface area (Å²) in [4.78, 5) is 12.5. The van der Waals surface area contributed by atoms with Gasteiger partial charge in [-0.15, -0.1) is 0 Å². The van der Waals surface area contributed by atoms with Gasteiger partial charge in [0.15, 0.2) is 0 Å². The van der Waals surface area contributed by atoms with Crippen molar-refractivity contribution in [2.45, 2.75) is 6.42 Å². The van der Waals surface area contributed by atoms with Crippen LogP contribution in [0.15, 0.2) is 42.5 Å². The topological polar surface area (TPSA) is 75.3 Å². The summed E-state index contributed by atoms with van der Waals surface area (Å²) in [5.74, 6) is -0.366. The summed E-state index contributed by atoms with van der Waals surface area (Å²) in [6.45, 7) is 0. The summed E-state index contributed by atoms with van der Waals surface area (Å²) in [5, 5.41) is 12.2. The number of amides is 1. The fraction of sp³-hybridized carbons (Fsp3) is 0.0667. The third-order valence-electron chi connectivity index (χ3n) is 2.80. The van der Waals surface area contributed by atoms with E-state index in [1.807, 2.05) is 12.1 Å². The maximum atomic E-state index is 12.0. The van der Waals surface area contributed by atoms with Gasteiger partial charge in [0.2, 0.25) is 0 Å². The number of halogens is 1. The lowest BCUT2D eigenvalue weighted by Gasteiger charge is -2.07. The molecule has 108 valence electrons. The number of phenolic OH excluding ortho intramolecular Hbond substituents is 1. The summed E-state index contributed by atoms with van der Waals surface area (Å²) in [5.41, 5.74) is 7.47. The first-order valence-electron chi connectivity index (χ1n) is 6.13. The van der Waals surface area contributed by atoms with Crippen LogP contribution >= 0.6 is 23.8 Å². The van der Waals surface area contributed by atoms with E-state index in [1.165, 1.54) is 18.2 Å². The molecule has 21 heavy (non-hydrogen) atoms. The molecule has 2 aromatic rings. The van der Waals surface area contributed by atoms with Crippen molar-refractivity contribution in [2.24, 2.45) is 5.73 Å². The molecular formula is C15H13ClN2O2S. The van der Waals surface area contributed by atoms with Gasteiger partial charge in [0, 0.05) is 17.7 Å². The van der Waals surface area contributed by atoms with Crippen molar-refractivity contribution in [3.63, 3.8) is 0 Å². The lowest BCUT2D eigenvalue weighted by molar-refractivity contribution is 0.102. The fourth-order valence-corrected chi connectivity index (χ4v) is 2.11. The summed E-state index contributed by atoms with van der Waals surface area (Å²) in [7, 11) is 0. The highest BCUT2D eigenvalue weighted by Gasteiger charge is 2.08. The Labute approximate surface area is 132 Å². The quantitative estimate of drug-likeness (QED) is 0.757. The molecule has 0 heterocycles. The van der Waals surface area contributed by atoms with Crippen molar-refractivity contribution in [3.05, 3.63) is 58.6 Å². The maximum Gasteiger partial charge on any atom is 0.255 e. The van der Waals surface area contributed by atoms with Gasteiger partial charge in [-0.1, -0.05) is 36.0 Å². The van der Waals surface area contributed by atoms with Crippen molar-refractivity contribution in [2.75, 3.05) is 5.32 Å². The minimum absolute atomic E-state index is 0.0599. The molecule has 0 bridgehead atoms. The van der Waals surface area contributed by atoms with Crippen LogP contribution in [0.3, 0.4) is 0 Å². The van der Waals surface area contributed by atoms with Crippen molar-refractivity contribution in [1.82, 2.24) is 0 Å². The van der Waals surface area contributed by atoms with Crippen LogP contribution in [0.5, 0.6) is 5.75 Å². The molecule has 0 aliphatic heterocycles. The molecule has 0 fully saturated rings. The first-order chi connectivity index (χ1) is 9.95. The van der Waals surface area contributed by atoms with Crippen LogP contribution in [0.25, 0.3) is 0 Å². The predicted octanol–water partition coefficient (Wildman–Crippen LogP) is 3.13. The predicted molar refractivity (Wildman–Crippen MR) is 88.0 cm³/mol. The number of thiocarbonyl (C=S) groups is 1. The molecule has 0 aliphatic carbocycles. The molecule has 0 atom stereocenters. The lowest BCUT2D eigenvalue weighted by atomic mass is 10.1. The molecule has 2 aromatic carbocycles. The van der Waals surface area contributed by atoms with Crippen LogP contribution in [-0.4, -0.2) is 16.0 Å². The van der Waals surface area contributed by atoms with Gasteiger partial charge >= 0.3 is 0 Å². The molecular weight excluding hydrogens is 308 g/mol. The zero-order chi connectivity index (χ0) is 15.4. The van der Waals surface area contributed by atoms with E-state index in [0.29, 0.717) is 22.7 Å². The number of carbonyl (C=O) groups excluding carboxylic acids is 1. The lowest BCUT2D eigenvalue weighted by Crippen LogP contribution is -2.13. The second-order valence-electron chi connectivity index (χ2n) is 4.46. The van der Waals surface area contributed by atoms with Gasteiger partial charge < -0.3 is 16.2 Å². The van der Waals surface area contributed by atoms with Gasteiger partial charge in [-0.3, -0.25) is 4.79 Å². The molecule has 0 saturated heterocycles. The molecule has 0 spiro atoms. The Morgan fingerprint density at radius 2 is 1.90 bits per heavy atom. The number of hydrogen-bond donors (Lipinski definition) is 3. The molecule has 1 amide bonds. The normalized spacial score (nSPS) is 10.1. The number of aromatic hydroxyl groups is 1. The molecule has 0 unspecified atom stereocenters. The zero-order valence-corrected chi connectivity index (χ0v) is 12.5. The van der Waals surface area contributed by atoms with Crippen LogP contribution in [0.4, 0.5) is 5.69 Å². The van der Waals surface area contributed by atoms with E-state index in [1.54, 1.807) is 12.1 Å². The highest BCUT2D eigenvalue weighted by Crippen LogP contribution is 2.24. The molecule has 0 aromatic heterocycles. The Morgan fingerprint density at radius 1 is 1.24 bits per heavy atom. The first kappa shape index (κ1) is 15.3. The van der Waals surface area contributed by atoms with E-state index in [2.05, 4.69) is 5.32 Å². The first-order valence-corrected chi connectivity index (χ1v) is 6.91. The van der Waals surface area contributed by atoms with Crippen LogP contribution in [-0.2, 0) is 6.42 Å². The van der Waals surface area contributed by atoms with Crippen molar-refractivity contribution in [3.8, 4) is 5.75 Å². The van der Waals surface area contributed by atoms with Gasteiger partial charge in [0.05, 0.1) is 10.0 Å². The highest BCUT2D eigenvalue weighted by molar-refractivity contribution is 7.80. The van der Waals surface area contributed by atoms with Crippen LogP contribution in [0.2, 0.25) is 5.02 Å². The minimum atomic E-state index is -0.306. The number of phenols is 1. The van der Waals surface area contributed by atoms with E-state index in [4.69, 9.17) is 29.6 Å². The molecule has 2 rings (SSSR count). The second-order valence-corrected chi connectivity index (χ2v) is 5.39. The Morgan fingerprint density at radius 3 is 2.48 bits per heavy atom. The summed E-state index contributed by atoms with van der Waals surface area (Å²) >= 11 is 10.6. The van der Waals surface area contributed by atoms with Gasteiger partial charge in [0.1, 0.15) is 5.75 Å². The SMILES string of the molecule is NC(=S)Cc1ccc(NC(=O)c2ccc(O)c(Cl)c2)cc1. The third kappa shape index (κ3) is 4.18. The molecule has 0 saturated carbocycles. The number of nitrogens with one attached hydrogen (secondary N) is 1. The maximum absolute atomic E-state index is 12.0. The number of hydrogen-bond acceptors (Lipinski definition) is 3. The van der Waals surface area contributed by atoms with Gasteiger partial charge in [-0.2, -0.15) is 0 Å². The Kier molecular flexibility index (Phi) is 4.77. The number of benzene rings is 2. The summed E-state index contributed by atoms with van der Waals surface area (Å²) < 4.78 is 0. The van der Waals surface area contributed by atoms with Crippen LogP contribution in [0, 0.1) is 0 Å². The van der Waals surface area contributed by atoms with Gasteiger partial charge in [-0.25, -0.2) is 0 Å². The van der Waals surface area contributed by atoms with Crippen molar-refractivity contribution >= 4 is 40.4 Å². The monoisotopic (exact) mass is 320 g/mol. The number of nitrogens with two attached hydrogens (primary N) is 1. The molecule has 4 nitrogen and oxygen atoms in total. The molecule has 6 heteroatoms.